The summed E-state index contributed by atoms with van der Waals surface area (Å²) < 4.78 is 44.8. The van der Waals surface area contributed by atoms with Crippen LogP contribution in [0.4, 0.5) is 13.2 Å². The van der Waals surface area contributed by atoms with Crippen molar-refractivity contribution in [1.82, 2.24) is 0 Å². The van der Waals surface area contributed by atoms with Crippen molar-refractivity contribution in [1.29, 1.82) is 0 Å². The molecule has 4 nitrogen and oxygen atoms in total. The SMILES string of the molecule is C=C(C)C(=O)OC(CC)CC(=O)OCCC(F)(F)F. The van der Waals surface area contributed by atoms with E-state index in [4.69, 9.17) is 4.74 Å². The lowest BCUT2D eigenvalue weighted by atomic mass is 10.2. The summed E-state index contributed by atoms with van der Waals surface area (Å²) in [4.78, 5) is 22.5. The van der Waals surface area contributed by atoms with Gasteiger partial charge >= 0.3 is 18.1 Å². The van der Waals surface area contributed by atoms with Crippen LogP contribution >= 0.6 is 0 Å². The second kappa shape index (κ2) is 7.81. The van der Waals surface area contributed by atoms with Gasteiger partial charge in [0.25, 0.3) is 0 Å². The van der Waals surface area contributed by atoms with Gasteiger partial charge in [0.15, 0.2) is 0 Å². The Kier molecular flexibility index (Phi) is 7.18. The summed E-state index contributed by atoms with van der Waals surface area (Å²) in [6.07, 6.45) is -6.19. The minimum absolute atomic E-state index is 0.184. The molecule has 0 amide bonds. The molecule has 110 valence electrons. The lowest BCUT2D eigenvalue weighted by Gasteiger charge is -2.15. The van der Waals surface area contributed by atoms with Crippen LogP contribution in [0.25, 0.3) is 0 Å². The molecule has 0 saturated heterocycles. The van der Waals surface area contributed by atoms with E-state index in [0.29, 0.717) is 6.42 Å². The Balaban J connectivity index is 4.07. The summed E-state index contributed by atoms with van der Waals surface area (Å²) in [6.45, 7) is 5.79. The van der Waals surface area contributed by atoms with Crippen molar-refractivity contribution in [2.45, 2.75) is 45.4 Å². The maximum absolute atomic E-state index is 11.8. The van der Waals surface area contributed by atoms with E-state index in [9.17, 15) is 22.8 Å². The first kappa shape index (κ1) is 17.5. The highest BCUT2D eigenvalue weighted by atomic mass is 19.4. The van der Waals surface area contributed by atoms with Gasteiger partial charge in [-0.2, -0.15) is 13.2 Å². The molecule has 0 spiro atoms. The molecule has 0 aliphatic rings. The van der Waals surface area contributed by atoms with Gasteiger partial charge in [-0.05, 0) is 13.3 Å². The summed E-state index contributed by atoms with van der Waals surface area (Å²) in [5, 5.41) is 0. The van der Waals surface area contributed by atoms with Crippen molar-refractivity contribution >= 4 is 11.9 Å². The molecule has 0 radical (unpaired) electrons. The lowest BCUT2D eigenvalue weighted by molar-refractivity contribution is -0.161. The minimum atomic E-state index is -4.36. The van der Waals surface area contributed by atoms with Crippen molar-refractivity contribution in [3.63, 3.8) is 0 Å². The van der Waals surface area contributed by atoms with Gasteiger partial charge in [0.05, 0.1) is 19.4 Å². The van der Waals surface area contributed by atoms with Crippen molar-refractivity contribution in [2.24, 2.45) is 0 Å². The zero-order valence-corrected chi connectivity index (χ0v) is 10.9. The van der Waals surface area contributed by atoms with Crippen LogP contribution in [0.5, 0.6) is 0 Å². The Hall–Kier alpha value is -1.53. The Morgan fingerprint density at radius 2 is 1.89 bits per heavy atom. The van der Waals surface area contributed by atoms with Crippen LogP contribution in [0.1, 0.15) is 33.1 Å². The van der Waals surface area contributed by atoms with E-state index in [2.05, 4.69) is 11.3 Å². The Morgan fingerprint density at radius 3 is 2.32 bits per heavy atom. The van der Waals surface area contributed by atoms with E-state index in [0.717, 1.165) is 0 Å². The number of hydrogen-bond donors (Lipinski definition) is 0. The maximum atomic E-state index is 11.8. The fraction of sp³-hybridized carbons (Fsp3) is 0.667. The zero-order valence-electron chi connectivity index (χ0n) is 10.9. The molecule has 0 aromatic heterocycles. The number of ether oxygens (including phenoxy) is 2. The predicted molar refractivity (Wildman–Crippen MR) is 61.2 cm³/mol. The molecule has 7 heteroatoms. The Morgan fingerprint density at radius 1 is 1.32 bits per heavy atom. The number of alkyl halides is 3. The van der Waals surface area contributed by atoms with E-state index < -0.39 is 37.2 Å². The van der Waals surface area contributed by atoms with E-state index >= 15 is 0 Å². The number of rotatable bonds is 7. The first-order valence-electron chi connectivity index (χ1n) is 5.74. The average Bonchev–Trinajstić information content (AvgIpc) is 2.25. The van der Waals surface area contributed by atoms with Gasteiger partial charge in [0.2, 0.25) is 0 Å². The third kappa shape index (κ3) is 9.10. The van der Waals surface area contributed by atoms with Gasteiger partial charge in [0, 0.05) is 5.57 Å². The largest absolute Gasteiger partial charge is 0.465 e. The quantitative estimate of drug-likeness (QED) is 0.532. The monoisotopic (exact) mass is 282 g/mol. The highest BCUT2D eigenvalue weighted by Crippen LogP contribution is 2.19. The molecule has 0 saturated carbocycles. The van der Waals surface area contributed by atoms with Crippen LogP contribution in [0, 0.1) is 0 Å². The third-order valence-electron chi connectivity index (χ3n) is 2.12. The number of hydrogen-bond acceptors (Lipinski definition) is 4. The molecule has 19 heavy (non-hydrogen) atoms. The predicted octanol–water partition coefficient (Wildman–Crippen LogP) is 2.77. The van der Waals surface area contributed by atoms with Crippen molar-refractivity contribution < 1.29 is 32.2 Å². The molecule has 1 unspecified atom stereocenters. The van der Waals surface area contributed by atoms with E-state index in [1.165, 1.54) is 6.92 Å². The van der Waals surface area contributed by atoms with Gasteiger partial charge < -0.3 is 9.47 Å². The molecule has 0 aliphatic heterocycles. The summed E-state index contributed by atoms with van der Waals surface area (Å²) in [5.74, 6) is -1.47. The Bertz CT molecular complexity index is 336. The molecule has 0 aromatic carbocycles. The minimum Gasteiger partial charge on any atom is -0.465 e. The van der Waals surface area contributed by atoms with Crippen LogP contribution in [-0.4, -0.2) is 30.8 Å². The number of esters is 2. The van der Waals surface area contributed by atoms with E-state index in [1.54, 1.807) is 6.92 Å². The number of carbonyl (C=O) groups is 2. The molecule has 0 rings (SSSR count). The van der Waals surface area contributed by atoms with Crippen molar-refractivity contribution in [2.75, 3.05) is 6.61 Å². The van der Waals surface area contributed by atoms with Gasteiger partial charge in [-0.1, -0.05) is 13.5 Å². The second-order valence-electron chi connectivity index (χ2n) is 4.01. The normalized spacial score (nSPS) is 12.7. The molecule has 1 atom stereocenters. The van der Waals surface area contributed by atoms with Crippen LogP contribution in [0.3, 0.4) is 0 Å². The maximum Gasteiger partial charge on any atom is 0.392 e. The number of halogens is 3. The van der Waals surface area contributed by atoms with Gasteiger partial charge in [-0.3, -0.25) is 4.79 Å². The van der Waals surface area contributed by atoms with Gasteiger partial charge in [-0.25, -0.2) is 4.79 Å². The second-order valence-corrected chi connectivity index (χ2v) is 4.01. The first-order valence-corrected chi connectivity index (χ1v) is 5.74. The average molecular weight is 282 g/mol. The summed E-state index contributed by atoms with van der Waals surface area (Å²) in [7, 11) is 0. The molecular formula is C12H17F3O4. The molecule has 0 fully saturated rings. The van der Waals surface area contributed by atoms with Crippen LogP contribution in [-0.2, 0) is 19.1 Å². The van der Waals surface area contributed by atoms with Gasteiger partial charge in [-0.15, -0.1) is 0 Å². The van der Waals surface area contributed by atoms with E-state index in [-0.39, 0.29) is 12.0 Å². The van der Waals surface area contributed by atoms with Crippen molar-refractivity contribution in [3.8, 4) is 0 Å². The Labute approximate surface area is 109 Å². The third-order valence-corrected chi connectivity index (χ3v) is 2.12. The molecule has 0 aromatic rings. The summed E-state index contributed by atoms with van der Waals surface area (Å²) >= 11 is 0. The first-order chi connectivity index (χ1) is 8.65. The van der Waals surface area contributed by atoms with Gasteiger partial charge in [0.1, 0.15) is 6.10 Å². The molecular weight excluding hydrogens is 265 g/mol. The molecule has 0 bridgehead atoms. The van der Waals surface area contributed by atoms with Crippen LogP contribution in [0.2, 0.25) is 0 Å². The molecule has 0 N–H and O–H groups in total. The van der Waals surface area contributed by atoms with E-state index in [1.807, 2.05) is 0 Å². The fourth-order valence-electron chi connectivity index (χ4n) is 1.05. The standard InChI is InChI=1S/C12H17F3O4/c1-4-9(19-11(17)8(2)3)7-10(16)18-6-5-12(13,14)15/h9H,2,4-7H2,1,3H3. The van der Waals surface area contributed by atoms with Crippen LogP contribution in [0.15, 0.2) is 12.2 Å². The highest BCUT2D eigenvalue weighted by Gasteiger charge is 2.27. The molecule has 0 heterocycles. The lowest BCUT2D eigenvalue weighted by Crippen LogP contribution is -2.23. The topological polar surface area (TPSA) is 52.6 Å². The fourth-order valence-corrected chi connectivity index (χ4v) is 1.05. The summed E-state index contributed by atoms with van der Waals surface area (Å²) in [6, 6.07) is 0. The molecule has 0 aliphatic carbocycles. The zero-order chi connectivity index (χ0) is 15.1. The highest BCUT2D eigenvalue weighted by molar-refractivity contribution is 5.87. The van der Waals surface area contributed by atoms with Crippen molar-refractivity contribution in [3.05, 3.63) is 12.2 Å². The number of carbonyl (C=O) groups excluding carboxylic acids is 2. The van der Waals surface area contributed by atoms with Crippen LogP contribution < -0.4 is 0 Å². The smallest absolute Gasteiger partial charge is 0.392 e. The summed E-state index contributed by atoms with van der Waals surface area (Å²) in [5.41, 5.74) is 0.184.